The van der Waals surface area contributed by atoms with Crippen LogP contribution in [-0.4, -0.2) is 30.0 Å². The highest BCUT2D eigenvalue weighted by atomic mass is 32.2. The Morgan fingerprint density at radius 3 is 2.89 bits per heavy atom. The van der Waals surface area contributed by atoms with Crippen molar-refractivity contribution in [2.75, 3.05) is 18.9 Å². The summed E-state index contributed by atoms with van der Waals surface area (Å²) in [6, 6.07) is 5.18. The molecule has 0 amide bonds. The van der Waals surface area contributed by atoms with Crippen molar-refractivity contribution in [1.82, 2.24) is 10.0 Å². The van der Waals surface area contributed by atoms with Gasteiger partial charge >= 0.3 is 5.97 Å². The normalized spacial score (nSPS) is 19.3. The van der Waals surface area contributed by atoms with Crippen molar-refractivity contribution < 1.29 is 19.1 Å². The average Bonchev–Trinajstić information content (AvgIpc) is 3.22. The molecule has 27 heavy (non-hydrogen) atoms. The lowest BCUT2D eigenvalue weighted by molar-refractivity contribution is -0.138. The van der Waals surface area contributed by atoms with Gasteiger partial charge < -0.3 is 19.6 Å². The minimum Gasteiger partial charge on any atom is -0.494 e. The smallest absolute Gasteiger partial charge is 0.337 e. The van der Waals surface area contributed by atoms with E-state index >= 15 is 0 Å². The SMILES string of the molecule is C1CCSNC1.C=CCOC(=O)C1=C(C)NC(O)=C(C#N)C1c1ccco1. The number of aliphatic hydroxyl groups excluding tert-OH is 1. The average molecular weight is 389 g/mol. The van der Waals surface area contributed by atoms with Gasteiger partial charge in [0.1, 0.15) is 24.0 Å². The fourth-order valence-corrected chi connectivity index (χ4v) is 3.45. The second-order valence-corrected chi connectivity index (χ2v) is 6.81. The van der Waals surface area contributed by atoms with E-state index in [1.54, 1.807) is 19.1 Å². The zero-order valence-corrected chi connectivity index (χ0v) is 16.0. The van der Waals surface area contributed by atoms with Crippen molar-refractivity contribution in [2.24, 2.45) is 0 Å². The summed E-state index contributed by atoms with van der Waals surface area (Å²) < 4.78 is 13.5. The Morgan fingerprint density at radius 2 is 2.41 bits per heavy atom. The molecule has 0 radical (unpaired) electrons. The summed E-state index contributed by atoms with van der Waals surface area (Å²) in [6.07, 6.45) is 5.65. The van der Waals surface area contributed by atoms with E-state index in [9.17, 15) is 15.2 Å². The number of nitrogens with one attached hydrogen (secondary N) is 2. The molecule has 2 aliphatic rings. The van der Waals surface area contributed by atoms with E-state index in [0.717, 1.165) is 0 Å². The molecule has 1 unspecified atom stereocenters. The zero-order valence-electron chi connectivity index (χ0n) is 15.2. The second-order valence-electron chi connectivity index (χ2n) is 5.82. The number of dihydropyridines is 1. The first kappa shape index (κ1) is 20.7. The molecule has 0 bridgehead atoms. The van der Waals surface area contributed by atoms with E-state index in [4.69, 9.17) is 9.15 Å². The number of rotatable bonds is 4. The molecular formula is C19H23N3O4S. The molecule has 3 rings (SSSR count). The van der Waals surface area contributed by atoms with Gasteiger partial charge in [-0.1, -0.05) is 24.6 Å². The third kappa shape index (κ3) is 5.42. The number of hydrogen-bond acceptors (Lipinski definition) is 8. The van der Waals surface area contributed by atoms with Crippen LogP contribution in [0.5, 0.6) is 0 Å². The number of furan rings is 1. The summed E-state index contributed by atoms with van der Waals surface area (Å²) in [5, 5.41) is 21.7. The predicted octanol–water partition coefficient (Wildman–Crippen LogP) is 3.28. The highest BCUT2D eigenvalue weighted by Crippen LogP contribution is 2.37. The van der Waals surface area contributed by atoms with Crippen LogP contribution in [0.25, 0.3) is 0 Å². The summed E-state index contributed by atoms with van der Waals surface area (Å²) in [5.41, 5.74) is 0.629. The van der Waals surface area contributed by atoms with E-state index in [2.05, 4.69) is 16.6 Å². The largest absolute Gasteiger partial charge is 0.494 e. The molecule has 0 saturated carbocycles. The van der Waals surface area contributed by atoms with Gasteiger partial charge in [-0.2, -0.15) is 5.26 Å². The molecule has 1 fully saturated rings. The standard InChI is InChI=1S/C15H14N2O4.C4H9NS/c1-3-6-21-15(19)12-9(2)17-14(18)10(8-16)13(12)11-5-4-7-20-11;1-2-4-6-5-3-1/h3-5,7,13,17-18H,1,6H2,2H3;5H,1-4H2. The number of allylic oxidation sites excluding steroid dienone is 2. The van der Waals surface area contributed by atoms with E-state index in [1.165, 1.54) is 37.5 Å². The van der Waals surface area contributed by atoms with Crippen LogP contribution < -0.4 is 10.0 Å². The number of esters is 1. The Hall–Kier alpha value is -2.63. The molecule has 0 spiro atoms. The molecule has 1 aromatic rings. The summed E-state index contributed by atoms with van der Waals surface area (Å²) in [4.78, 5) is 12.2. The van der Waals surface area contributed by atoms with Gasteiger partial charge in [0, 0.05) is 18.0 Å². The highest BCUT2D eigenvalue weighted by molar-refractivity contribution is 7.97. The number of nitriles is 1. The van der Waals surface area contributed by atoms with Crippen molar-refractivity contribution in [3.05, 3.63) is 59.5 Å². The fourth-order valence-electron chi connectivity index (χ4n) is 2.67. The predicted molar refractivity (Wildman–Crippen MR) is 103 cm³/mol. The first-order chi connectivity index (χ1) is 13.1. The first-order valence-electron chi connectivity index (χ1n) is 8.57. The minimum atomic E-state index is -0.802. The maximum atomic E-state index is 12.2. The van der Waals surface area contributed by atoms with Crippen molar-refractivity contribution in [1.29, 1.82) is 5.26 Å². The van der Waals surface area contributed by atoms with E-state index in [0.29, 0.717) is 11.5 Å². The number of carbonyl (C=O) groups excluding carboxylic acids is 1. The summed E-state index contributed by atoms with van der Waals surface area (Å²) in [5.74, 6) is -0.00807. The molecule has 3 N–H and O–H groups in total. The third-order valence-corrected chi connectivity index (χ3v) is 4.82. The first-order valence-corrected chi connectivity index (χ1v) is 9.55. The van der Waals surface area contributed by atoms with Gasteiger partial charge in [-0.3, -0.25) is 4.72 Å². The van der Waals surface area contributed by atoms with Crippen molar-refractivity contribution >= 4 is 17.9 Å². The van der Waals surface area contributed by atoms with Gasteiger partial charge in [-0.15, -0.1) is 0 Å². The number of hydrogen-bond donors (Lipinski definition) is 3. The maximum absolute atomic E-state index is 12.2. The van der Waals surface area contributed by atoms with E-state index in [-0.39, 0.29) is 23.6 Å². The molecule has 2 aliphatic heterocycles. The zero-order chi connectivity index (χ0) is 19.6. The lowest BCUT2D eigenvalue weighted by Crippen LogP contribution is -2.29. The molecule has 0 aromatic carbocycles. The van der Waals surface area contributed by atoms with Gasteiger partial charge in [0.05, 0.1) is 17.8 Å². The number of carbonyl (C=O) groups is 1. The van der Waals surface area contributed by atoms with Crippen LogP contribution in [0.2, 0.25) is 0 Å². The lowest BCUT2D eigenvalue weighted by atomic mass is 9.86. The van der Waals surface area contributed by atoms with Gasteiger partial charge in [0.15, 0.2) is 0 Å². The number of aliphatic hydroxyl groups is 1. The van der Waals surface area contributed by atoms with Crippen LogP contribution in [0, 0.1) is 11.3 Å². The molecule has 1 atom stereocenters. The Morgan fingerprint density at radius 1 is 1.59 bits per heavy atom. The molecule has 8 heteroatoms. The quantitative estimate of drug-likeness (QED) is 0.409. The van der Waals surface area contributed by atoms with Gasteiger partial charge in [-0.25, -0.2) is 4.79 Å². The summed E-state index contributed by atoms with van der Waals surface area (Å²) in [7, 11) is 0. The van der Waals surface area contributed by atoms with Crippen LogP contribution in [0.4, 0.5) is 0 Å². The van der Waals surface area contributed by atoms with Crippen LogP contribution in [0.15, 0.2) is 58.2 Å². The van der Waals surface area contributed by atoms with Crippen molar-refractivity contribution in [3.8, 4) is 6.07 Å². The fraction of sp³-hybridized carbons (Fsp3) is 0.368. The van der Waals surface area contributed by atoms with Crippen LogP contribution in [-0.2, 0) is 9.53 Å². The monoisotopic (exact) mass is 389 g/mol. The molecule has 7 nitrogen and oxygen atoms in total. The maximum Gasteiger partial charge on any atom is 0.337 e. The second kappa shape index (κ2) is 10.5. The Bertz CT molecular complexity index is 747. The van der Waals surface area contributed by atoms with Crippen molar-refractivity contribution in [2.45, 2.75) is 25.7 Å². The topological polar surface area (TPSA) is 108 Å². The van der Waals surface area contributed by atoms with E-state index in [1.807, 2.05) is 18.0 Å². The molecule has 1 aromatic heterocycles. The Labute approximate surface area is 162 Å². The molecular weight excluding hydrogens is 366 g/mol. The molecule has 3 heterocycles. The Balaban J connectivity index is 0.000000369. The summed E-state index contributed by atoms with van der Waals surface area (Å²) >= 11 is 1.84. The molecule has 144 valence electrons. The Kier molecular flexibility index (Phi) is 8.04. The lowest BCUT2D eigenvalue weighted by Gasteiger charge is -2.25. The van der Waals surface area contributed by atoms with Crippen LogP contribution in [0.3, 0.4) is 0 Å². The molecule has 1 saturated heterocycles. The van der Waals surface area contributed by atoms with Gasteiger partial charge in [0.25, 0.3) is 0 Å². The van der Waals surface area contributed by atoms with E-state index < -0.39 is 11.9 Å². The summed E-state index contributed by atoms with van der Waals surface area (Å²) in [6.45, 7) is 6.36. The molecule has 0 aliphatic carbocycles. The minimum absolute atomic E-state index is 0.00102. The third-order valence-electron chi connectivity index (χ3n) is 3.92. The van der Waals surface area contributed by atoms with Gasteiger partial charge in [0.2, 0.25) is 5.88 Å². The van der Waals surface area contributed by atoms with Crippen LogP contribution >= 0.6 is 11.9 Å². The number of nitrogens with zero attached hydrogens (tertiary/aromatic N) is 1. The number of ether oxygens (including phenoxy) is 1. The van der Waals surface area contributed by atoms with Crippen LogP contribution in [0.1, 0.15) is 31.4 Å². The van der Waals surface area contributed by atoms with Crippen molar-refractivity contribution in [3.63, 3.8) is 0 Å². The van der Waals surface area contributed by atoms with Gasteiger partial charge in [-0.05, 0) is 31.9 Å². The highest BCUT2D eigenvalue weighted by Gasteiger charge is 2.37.